The zero-order valence-electron chi connectivity index (χ0n) is 12.1. The van der Waals surface area contributed by atoms with E-state index in [0.717, 1.165) is 34.5 Å². The topological polar surface area (TPSA) is 57.8 Å². The van der Waals surface area contributed by atoms with Gasteiger partial charge in [0.1, 0.15) is 5.25 Å². The molecule has 6 heteroatoms. The fourth-order valence-electron chi connectivity index (χ4n) is 2.79. The second-order valence-electron chi connectivity index (χ2n) is 5.37. The number of nitrogens with one attached hydrogen (secondary N) is 2. The van der Waals surface area contributed by atoms with E-state index in [1.807, 2.05) is 25.1 Å². The van der Waals surface area contributed by atoms with Crippen LogP contribution in [0.2, 0.25) is 0 Å². The number of carbonyl (C=O) groups excluding carboxylic acids is 1. The molecule has 1 aromatic carbocycles. The average molecular weight is 329 g/mol. The van der Waals surface area contributed by atoms with E-state index in [4.69, 9.17) is 0 Å². The van der Waals surface area contributed by atoms with E-state index in [2.05, 4.69) is 27.0 Å². The van der Waals surface area contributed by atoms with Gasteiger partial charge in [0.25, 0.3) is 0 Å². The zero-order valence-corrected chi connectivity index (χ0v) is 13.7. The molecule has 3 aromatic rings. The Balaban J connectivity index is 1.59. The van der Waals surface area contributed by atoms with Crippen LogP contribution in [-0.2, 0) is 11.2 Å². The van der Waals surface area contributed by atoms with E-state index in [0.29, 0.717) is 0 Å². The normalized spacial score (nSPS) is 17.4. The summed E-state index contributed by atoms with van der Waals surface area (Å²) in [5.74, 6) is 1.05. The Kier molecular flexibility index (Phi) is 3.43. The minimum Gasteiger partial charge on any atom is -0.325 e. The van der Waals surface area contributed by atoms with Crippen molar-refractivity contribution < 1.29 is 4.79 Å². The SMILES string of the molecule is Cc1[nH]nc2cc(NC(=O)C3SCCc4sccc43)ccc12. The standard InChI is InChI=1S/C16H15N3OS2/c1-9-11-3-2-10(8-13(11)19-18-9)17-16(20)15-12-4-6-21-14(12)5-7-22-15/h2-4,6,8,15H,5,7H2,1H3,(H,17,20)(H,18,19). The van der Waals surface area contributed by atoms with Crippen LogP contribution < -0.4 is 5.32 Å². The summed E-state index contributed by atoms with van der Waals surface area (Å²) in [6.07, 6.45) is 1.07. The van der Waals surface area contributed by atoms with Gasteiger partial charge in [0, 0.05) is 21.6 Å². The highest BCUT2D eigenvalue weighted by Gasteiger charge is 2.28. The molecule has 2 aromatic heterocycles. The third kappa shape index (κ3) is 2.32. The van der Waals surface area contributed by atoms with E-state index >= 15 is 0 Å². The number of thioether (sulfide) groups is 1. The Morgan fingerprint density at radius 1 is 1.41 bits per heavy atom. The fourth-order valence-corrected chi connectivity index (χ4v) is 5.09. The van der Waals surface area contributed by atoms with Crippen molar-refractivity contribution in [3.8, 4) is 0 Å². The number of aromatic nitrogens is 2. The van der Waals surface area contributed by atoms with Crippen LogP contribution >= 0.6 is 23.1 Å². The minimum atomic E-state index is -0.105. The number of carbonyl (C=O) groups is 1. The molecule has 0 aliphatic carbocycles. The van der Waals surface area contributed by atoms with Crippen molar-refractivity contribution in [1.29, 1.82) is 0 Å². The number of thiophene rings is 1. The molecule has 0 spiro atoms. The van der Waals surface area contributed by atoms with Crippen molar-refractivity contribution in [2.24, 2.45) is 0 Å². The maximum atomic E-state index is 12.6. The summed E-state index contributed by atoms with van der Waals surface area (Å²) >= 11 is 3.47. The minimum absolute atomic E-state index is 0.0518. The van der Waals surface area contributed by atoms with Crippen LogP contribution in [0.15, 0.2) is 29.6 Å². The Hall–Kier alpha value is -1.79. The number of anilines is 1. The first kappa shape index (κ1) is 13.8. The van der Waals surface area contributed by atoms with E-state index < -0.39 is 0 Å². The maximum absolute atomic E-state index is 12.6. The van der Waals surface area contributed by atoms with Gasteiger partial charge in [0.05, 0.1) is 5.52 Å². The molecule has 112 valence electrons. The Morgan fingerprint density at radius 2 is 2.32 bits per heavy atom. The van der Waals surface area contributed by atoms with Gasteiger partial charge in [-0.1, -0.05) is 0 Å². The molecule has 3 heterocycles. The molecule has 1 atom stereocenters. The molecule has 4 nitrogen and oxygen atoms in total. The highest BCUT2D eigenvalue weighted by atomic mass is 32.2. The lowest BCUT2D eigenvalue weighted by atomic mass is 10.1. The number of amides is 1. The second kappa shape index (κ2) is 5.44. The van der Waals surface area contributed by atoms with E-state index in [-0.39, 0.29) is 11.2 Å². The van der Waals surface area contributed by atoms with Gasteiger partial charge in [-0.05, 0) is 54.3 Å². The van der Waals surface area contributed by atoms with Crippen LogP contribution in [0.5, 0.6) is 0 Å². The van der Waals surface area contributed by atoms with Crippen LogP contribution in [0.4, 0.5) is 5.69 Å². The summed E-state index contributed by atoms with van der Waals surface area (Å²) in [5, 5.41) is 13.3. The number of H-pyrrole nitrogens is 1. The van der Waals surface area contributed by atoms with Gasteiger partial charge >= 0.3 is 0 Å². The number of hydrogen-bond acceptors (Lipinski definition) is 4. The van der Waals surface area contributed by atoms with Crippen LogP contribution in [0, 0.1) is 6.92 Å². The molecule has 2 N–H and O–H groups in total. The highest BCUT2D eigenvalue weighted by molar-refractivity contribution is 8.00. The molecule has 0 radical (unpaired) electrons. The lowest BCUT2D eigenvalue weighted by molar-refractivity contribution is -0.115. The summed E-state index contributed by atoms with van der Waals surface area (Å²) in [6.45, 7) is 1.99. The molecule has 1 unspecified atom stereocenters. The van der Waals surface area contributed by atoms with Gasteiger partial charge in [-0.3, -0.25) is 9.89 Å². The molecule has 0 saturated heterocycles. The third-order valence-electron chi connectivity index (χ3n) is 3.93. The molecule has 0 saturated carbocycles. The molecular formula is C16H15N3OS2. The van der Waals surface area contributed by atoms with Crippen molar-refractivity contribution in [3.05, 3.63) is 45.8 Å². The zero-order chi connectivity index (χ0) is 15.1. The van der Waals surface area contributed by atoms with E-state index in [1.165, 1.54) is 10.4 Å². The first-order valence-corrected chi connectivity index (χ1v) is 9.08. The molecule has 1 aliphatic heterocycles. The van der Waals surface area contributed by atoms with Crippen molar-refractivity contribution in [1.82, 2.24) is 10.2 Å². The Morgan fingerprint density at radius 3 is 3.23 bits per heavy atom. The van der Waals surface area contributed by atoms with Crippen LogP contribution in [0.25, 0.3) is 10.9 Å². The molecular weight excluding hydrogens is 314 g/mol. The molecule has 1 aliphatic rings. The summed E-state index contributed by atoms with van der Waals surface area (Å²) in [4.78, 5) is 14.0. The number of aryl methyl sites for hydroxylation is 2. The van der Waals surface area contributed by atoms with Gasteiger partial charge in [-0.25, -0.2) is 0 Å². The van der Waals surface area contributed by atoms with Gasteiger partial charge in [-0.15, -0.1) is 23.1 Å². The first-order chi connectivity index (χ1) is 10.7. The monoisotopic (exact) mass is 329 g/mol. The Labute approximate surface area is 136 Å². The average Bonchev–Trinajstić information content (AvgIpc) is 3.13. The maximum Gasteiger partial charge on any atom is 0.242 e. The van der Waals surface area contributed by atoms with Crippen LogP contribution in [-0.4, -0.2) is 21.9 Å². The van der Waals surface area contributed by atoms with Gasteiger partial charge < -0.3 is 5.32 Å². The van der Waals surface area contributed by atoms with Crippen molar-refractivity contribution in [2.75, 3.05) is 11.1 Å². The summed E-state index contributed by atoms with van der Waals surface area (Å²) in [7, 11) is 0. The number of aromatic amines is 1. The smallest absolute Gasteiger partial charge is 0.242 e. The number of hydrogen-bond donors (Lipinski definition) is 2. The van der Waals surface area contributed by atoms with Gasteiger partial charge in [-0.2, -0.15) is 5.10 Å². The molecule has 0 fully saturated rings. The number of rotatable bonds is 2. The highest BCUT2D eigenvalue weighted by Crippen LogP contribution is 2.40. The van der Waals surface area contributed by atoms with Crippen molar-refractivity contribution in [3.63, 3.8) is 0 Å². The predicted molar refractivity (Wildman–Crippen MR) is 92.7 cm³/mol. The summed E-state index contributed by atoms with van der Waals surface area (Å²) in [5.41, 5.74) is 3.89. The number of nitrogens with zero attached hydrogens (tertiary/aromatic N) is 1. The van der Waals surface area contributed by atoms with Gasteiger partial charge in [0.15, 0.2) is 0 Å². The summed E-state index contributed by atoms with van der Waals surface area (Å²) in [6, 6.07) is 7.92. The van der Waals surface area contributed by atoms with Crippen molar-refractivity contribution in [2.45, 2.75) is 18.6 Å². The lowest BCUT2D eigenvalue weighted by Gasteiger charge is -2.21. The molecule has 0 bridgehead atoms. The van der Waals surface area contributed by atoms with Crippen LogP contribution in [0.1, 0.15) is 21.4 Å². The molecule has 22 heavy (non-hydrogen) atoms. The first-order valence-electron chi connectivity index (χ1n) is 7.16. The largest absolute Gasteiger partial charge is 0.325 e. The Bertz CT molecular complexity index is 852. The van der Waals surface area contributed by atoms with Gasteiger partial charge in [0.2, 0.25) is 5.91 Å². The molecule has 4 rings (SSSR count). The van der Waals surface area contributed by atoms with E-state index in [1.54, 1.807) is 23.1 Å². The lowest BCUT2D eigenvalue weighted by Crippen LogP contribution is -2.22. The van der Waals surface area contributed by atoms with Crippen LogP contribution in [0.3, 0.4) is 0 Å². The fraction of sp³-hybridized carbons (Fsp3) is 0.250. The quantitative estimate of drug-likeness (QED) is 0.749. The van der Waals surface area contributed by atoms with Crippen molar-refractivity contribution >= 4 is 45.6 Å². The third-order valence-corrected chi connectivity index (χ3v) is 6.17. The molecule has 1 amide bonds. The second-order valence-corrected chi connectivity index (χ2v) is 7.58. The predicted octanol–water partition coefficient (Wildman–Crippen LogP) is 3.90. The number of fused-ring (bicyclic) bond motifs is 2. The van der Waals surface area contributed by atoms with E-state index in [9.17, 15) is 4.79 Å². The summed E-state index contributed by atoms with van der Waals surface area (Å²) < 4.78 is 0. The number of benzene rings is 1.